The van der Waals surface area contributed by atoms with E-state index in [0.717, 1.165) is 11.1 Å². The van der Waals surface area contributed by atoms with Gasteiger partial charge in [0, 0.05) is 18.8 Å². The minimum absolute atomic E-state index is 0.00914. The van der Waals surface area contributed by atoms with Crippen LogP contribution in [0.25, 0.3) is 0 Å². The average Bonchev–Trinajstić information content (AvgIpc) is 2.62. The van der Waals surface area contributed by atoms with Crippen LogP contribution < -0.4 is 11.2 Å². The molecule has 0 amide bonds. The molecule has 140 valence electrons. The number of hydrogen-bond donors (Lipinski definition) is 2. The fourth-order valence-electron chi connectivity index (χ4n) is 2.83. The van der Waals surface area contributed by atoms with E-state index < -0.39 is 26.2 Å². The molecule has 0 aliphatic carbocycles. The molecular weight excluding hydrogens is 366 g/mol. The van der Waals surface area contributed by atoms with E-state index in [4.69, 9.17) is 0 Å². The van der Waals surface area contributed by atoms with Gasteiger partial charge in [0.1, 0.15) is 0 Å². The third-order valence-electron chi connectivity index (χ3n) is 4.08. The second kappa shape index (κ2) is 7.73. The van der Waals surface area contributed by atoms with E-state index >= 15 is 0 Å². The van der Waals surface area contributed by atoms with Crippen LogP contribution in [0.5, 0.6) is 0 Å². The van der Waals surface area contributed by atoms with E-state index in [-0.39, 0.29) is 18.8 Å². The maximum Gasteiger partial charge on any atom is 0.325 e. The molecule has 2 aromatic carbocycles. The molecule has 0 saturated heterocycles. The molecule has 1 aromatic heterocycles. The van der Waals surface area contributed by atoms with Crippen LogP contribution in [0.4, 0.5) is 0 Å². The SMILES string of the molecule is Cc1[nH]c(=O)[nH]c(=O)c1S(=O)(=O)N(Cc1ccccc1)Cc1ccccc1. The second-order valence-corrected chi connectivity index (χ2v) is 7.98. The molecule has 0 saturated carbocycles. The van der Waals surface area contributed by atoms with Gasteiger partial charge in [-0.2, -0.15) is 4.31 Å². The van der Waals surface area contributed by atoms with Gasteiger partial charge in [0.25, 0.3) is 15.6 Å². The molecule has 0 atom stereocenters. The van der Waals surface area contributed by atoms with E-state index in [1.807, 2.05) is 65.6 Å². The van der Waals surface area contributed by atoms with E-state index in [2.05, 4.69) is 4.98 Å². The first-order valence-corrected chi connectivity index (χ1v) is 9.73. The molecule has 0 aliphatic heterocycles. The zero-order valence-corrected chi connectivity index (χ0v) is 15.5. The highest BCUT2D eigenvalue weighted by Crippen LogP contribution is 2.20. The standard InChI is InChI=1S/C19H19N3O4S/c1-14-17(18(23)21-19(24)20-14)27(25,26)22(12-15-8-4-2-5-9-15)13-16-10-6-3-7-11-16/h2-11H,12-13H2,1H3,(H2,20,21,23,24). The number of sulfonamides is 1. The summed E-state index contributed by atoms with van der Waals surface area (Å²) in [4.78, 5) is 27.6. The fourth-order valence-corrected chi connectivity index (χ4v) is 4.45. The number of aromatic amines is 2. The summed E-state index contributed by atoms with van der Waals surface area (Å²) in [5, 5.41) is 0. The molecule has 0 spiro atoms. The van der Waals surface area contributed by atoms with Crippen molar-refractivity contribution >= 4 is 10.0 Å². The van der Waals surface area contributed by atoms with Crippen LogP contribution in [0.2, 0.25) is 0 Å². The van der Waals surface area contributed by atoms with Crippen LogP contribution in [0.15, 0.2) is 75.1 Å². The van der Waals surface area contributed by atoms with Crippen molar-refractivity contribution in [2.45, 2.75) is 24.9 Å². The first kappa shape index (κ1) is 18.8. The summed E-state index contributed by atoms with van der Waals surface area (Å²) < 4.78 is 27.8. The van der Waals surface area contributed by atoms with Crippen molar-refractivity contribution in [2.24, 2.45) is 0 Å². The van der Waals surface area contributed by atoms with Crippen LogP contribution in [0, 0.1) is 6.92 Å². The number of nitrogens with zero attached hydrogens (tertiary/aromatic N) is 1. The van der Waals surface area contributed by atoms with Crippen molar-refractivity contribution in [3.63, 3.8) is 0 Å². The maximum atomic E-state index is 13.3. The summed E-state index contributed by atoms with van der Waals surface area (Å²) in [7, 11) is -4.16. The zero-order valence-electron chi connectivity index (χ0n) is 14.7. The highest BCUT2D eigenvalue weighted by molar-refractivity contribution is 7.89. The van der Waals surface area contributed by atoms with E-state index in [9.17, 15) is 18.0 Å². The quantitative estimate of drug-likeness (QED) is 0.675. The molecule has 1 heterocycles. The third-order valence-corrected chi connectivity index (χ3v) is 6.02. The van der Waals surface area contributed by atoms with Gasteiger partial charge < -0.3 is 4.98 Å². The number of nitrogens with one attached hydrogen (secondary N) is 2. The van der Waals surface area contributed by atoms with Crippen molar-refractivity contribution in [2.75, 3.05) is 0 Å². The Bertz CT molecular complexity index is 1100. The number of H-pyrrole nitrogens is 2. The summed E-state index contributed by atoms with van der Waals surface area (Å²) in [5.74, 6) is 0. The molecule has 27 heavy (non-hydrogen) atoms. The summed E-state index contributed by atoms with van der Waals surface area (Å²) in [5.41, 5.74) is -0.0857. The lowest BCUT2D eigenvalue weighted by atomic mass is 10.2. The molecule has 0 radical (unpaired) electrons. The molecule has 0 aliphatic rings. The number of rotatable bonds is 6. The Labute approximate surface area is 156 Å². The zero-order chi connectivity index (χ0) is 19.4. The molecule has 0 fully saturated rings. The predicted octanol–water partition coefficient (Wildman–Crippen LogP) is 1.76. The van der Waals surface area contributed by atoms with Gasteiger partial charge >= 0.3 is 5.69 Å². The van der Waals surface area contributed by atoms with Gasteiger partial charge in [-0.3, -0.25) is 9.78 Å². The van der Waals surface area contributed by atoms with Crippen molar-refractivity contribution < 1.29 is 8.42 Å². The highest BCUT2D eigenvalue weighted by Gasteiger charge is 2.30. The Morgan fingerprint density at radius 3 is 1.74 bits per heavy atom. The third kappa shape index (κ3) is 4.24. The Morgan fingerprint density at radius 2 is 1.30 bits per heavy atom. The first-order chi connectivity index (χ1) is 12.9. The predicted molar refractivity (Wildman–Crippen MR) is 102 cm³/mol. The normalized spacial score (nSPS) is 11.6. The van der Waals surface area contributed by atoms with E-state index in [1.165, 1.54) is 11.2 Å². The minimum Gasteiger partial charge on any atom is -0.310 e. The van der Waals surface area contributed by atoms with Gasteiger partial charge in [-0.1, -0.05) is 60.7 Å². The smallest absolute Gasteiger partial charge is 0.310 e. The lowest BCUT2D eigenvalue weighted by molar-refractivity contribution is 0.399. The maximum absolute atomic E-state index is 13.3. The molecule has 2 N–H and O–H groups in total. The highest BCUT2D eigenvalue weighted by atomic mass is 32.2. The summed E-state index contributed by atoms with van der Waals surface area (Å²) in [6.45, 7) is 1.58. The molecule has 7 nitrogen and oxygen atoms in total. The number of aryl methyl sites for hydroxylation is 1. The average molecular weight is 385 g/mol. The molecular formula is C19H19N3O4S. The van der Waals surface area contributed by atoms with Crippen molar-refractivity contribution in [1.29, 1.82) is 0 Å². The Balaban J connectivity index is 2.08. The van der Waals surface area contributed by atoms with Crippen molar-refractivity contribution in [3.05, 3.63) is 98.3 Å². The van der Waals surface area contributed by atoms with Crippen LogP contribution in [-0.4, -0.2) is 22.7 Å². The number of benzene rings is 2. The monoisotopic (exact) mass is 385 g/mol. The summed E-state index contributed by atoms with van der Waals surface area (Å²) >= 11 is 0. The van der Waals surface area contributed by atoms with Crippen molar-refractivity contribution in [3.8, 4) is 0 Å². The van der Waals surface area contributed by atoms with Crippen LogP contribution >= 0.6 is 0 Å². The summed E-state index contributed by atoms with van der Waals surface area (Å²) in [6.07, 6.45) is 0. The molecule has 3 rings (SSSR count). The summed E-state index contributed by atoms with van der Waals surface area (Å²) in [6, 6.07) is 18.2. The lowest BCUT2D eigenvalue weighted by Crippen LogP contribution is -2.37. The van der Waals surface area contributed by atoms with Gasteiger partial charge in [0.2, 0.25) is 0 Å². The second-order valence-electron chi connectivity index (χ2n) is 6.11. The fraction of sp³-hybridized carbons (Fsp3) is 0.158. The molecule has 0 bridgehead atoms. The van der Waals surface area contributed by atoms with Gasteiger partial charge in [-0.25, -0.2) is 13.2 Å². The van der Waals surface area contributed by atoms with Gasteiger partial charge in [-0.05, 0) is 18.1 Å². The number of aromatic nitrogens is 2. The van der Waals surface area contributed by atoms with Gasteiger partial charge in [0.15, 0.2) is 4.90 Å². The Kier molecular flexibility index (Phi) is 5.38. The lowest BCUT2D eigenvalue weighted by Gasteiger charge is -2.22. The minimum atomic E-state index is -4.16. The van der Waals surface area contributed by atoms with Crippen molar-refractivity contribution in [1.82, 2.24) is 14.3 Å². The Morgan fingerprint density at radius 1 is 0.815 bits per heavy atom. The van der Waals surface area contributed by atoms with Crippen LogP contribution in [0.3, 0.4) is 0 Å². The van der Waals surface area contributed by atoms with Gasteiger partial charge in [0.05, 0.1) is 0 Å². The largest absolute Gasteiger partial charge is 0.325 e. The van der Waals surface area contributed by atoms with E-state index in [0.29, 0.717) is 0 Å². The molecule has 3 aromatic rings. The number of hydrogen-bond acceptors (Lipinski definition) is 4. The van der Waals surface area contributed by atoms with Gasteiger partial charge in [-0.15, -0.1) is 0 Å². The molecule has 0 unspecified atom stereocenters. The Hall–Kier alpha value is -2.97. The topological polar surface area (TPSA) is 103 Å². The molecule has 8 heteroatoms. The van der Waals surface area contributed by atoms with Crippen LogP contribution in [-0.2, 0) is 23.1 Å². The van der Waals surface area contributed by atoms with Crippen LogP contribution in [0.1, 0.15) is 16.8 Å². The first-order valence-electron chi connectivity index (χ1n) is 8.29. The van der Waals surface area contributed by atoms with E-state index in [1.54, 1.807) is 0 Å².